The molecule has 9 nitrogen and oxygen atoms in total. The quantitative estimate of drug-likeness (QED) is 0.258. The smallest absolute Gasteiger partial charge is 0.459 e. The lowest BCUT2D eigenvalue weighted by Crippen LogP contribution is -2.41. The minimum absolute atomic E-state index is 0.280. The summed E-state index contributed by atoms with van der Waals surface area (Å²) >= 11 is 0. The van der Waals surface area contributed by atoms with Crippen LogP contribution in [0.2, 0.25) is 0 Å². The molecule has 0 aliphatic rings. The van der Waals surface area contributed by atoms with Crippen LogP contribution in [-0.2, 0) is 19.6 Å². The van der Waals surface area contributed by atoms with E-state index in [-0.39, 0.29) is 6.07 Å². The van der Waals surface area contributed by atoms with Crippen molar-refractivity contribution in [1.82, 2.24) is 4.72 Å². The van der Waals surface area contributed by atoms with E-state index in [1.807, 2.05) is 0 Å². The first-order valence-electron chi connectivity index (χ1n) is 6.47. The second kappa shape index (κ2) is 7.94. The topological polar surface area (TPSA) is 156 Å². The zero-order valence-corrected chi connectivity index (χ0v) is 13.3. The number of aliphatic hydroxyl groups is 2. The first-order valence-corrected chi connectivity index (χ1v) is 7.96. The molecule has 0 heterocycles. The van der Waals surface area contributed by atoms with Gasteiger partial charge in [0.25, 0.3) is 0 Å². The third-order valence-corrected chi connectivity index (χ3v) is 4.13. The van der Waals surface area contributed by atoms with Gasteiger partial charge in [-0.15, -0.1) is 4.72 Å². The van der Waals surface area contributed by atoms with Gasteiger partial charge < -0.3 is 20.7 Å². The summed E-state index contributed by atoms with van der Waals surface area (Å²) in [5, 5.41) is 18.4. The molecule has 2 unspecified atom stereocenters. The zero-order valence-electron chi connectivity index (χ0n) is 12.5. The molecule has 2 atom stereocenters. The van der Waals surface area contributed by atoms with Gasteiger partial charge in [0.05, 0.1) is 10.5 Å². The number of nitrogens with one attached hydrogen (secondary N) is 1. The number of nitrogens with two attached hydrogens (primary N) is 1. The lowest BCUT2D eigenvalue weighted by atomic mass is 10.2. The zero-order chi connectivity index (χ0) is 20.3. The summed E-state index contributed by atoms with van der Waals surface area (Å²) < 4.78 is 78.0. The number of sulfonamides is 1. The van der Waals surface area contributed by atoms with E-state index in [0.29, 0.717) is 16.9 Å². The van der Waals surface area contributed by atoms with Gasteiger partial charge in [0.15, 0.2) is 6.10 Å². The van der Waals surface area contributed by atoms with Crippen molar-refractivity contribution in [3.8, 4) is 0 Å². The molecule has 5 N–H and O–H groups in total. The van der Waals surface area contributed by atoms with E-state index >= 15 is 0 Å². The highest BCUT2D eigenvalue weighted by Gasteiger charge is 2.35. The molecular formula is C12H12F4N2O7S. The third kappa shape index (κ3) is 5.91. The molecule has 1 aromatic rings. The number of carbonyl (C=O) groups excluding carboxylic acids is 2. The minimum Gasteiger partial charge on any atom is -0.459 e. The molecule has 1 amide bonds. The van der Waals surface area contributed by atoms with Crippen LogP contribution in [0.4, 0.5) is 17.6 Å². The van der Waals surface area contributed by atoms with Gasteiger partial charge in [0.2, 0.25) is 15.9 Å². The number of amides is 1. The maximum atomic E-state index is 13.6. The molecule has 14 heteroatoms. The SMILES string of the molecule is NC(=O)C(O)C(O)COC(=O)c1cc(S(=O)(=O)NC(F)(F)F)ccc1F. The van der Waals surface area contributed by atoms with E-state index < -0.39 is 63.3 Å². The van der Waals surface area contributed by atoms with Crippen molar-refractivity contribution in [2.45, 2.75) is 23.4 Å². The summed E-state index contributed by atoms with van der Waals surface area (Å²) in [5.41, 5.74) is 3.62. The Balaban J connectivity index is 3.00. The van der Waals surface area contributed by atoms with Crippen LogP contribution in [0.15, 0.2) is 23.1 Å². The second-order valence-corrected chi connectivity index (χ2v) is 6.44. The Morgan fingerprint density at radius 1 is 1.27 bits per heavy atom. The van der Waals surface area contributed by atoms with Crippen molar-refractivity contribution >= 4 is 21.9 Å². The van der Waals surface area contributed by atoms with Gasteiger partial charge in [-0.3, -0.25) is 4.79 Å². The fraction of sp³-hybridized carbons (Fsp3) is 0.333. The van der Waals surface area contributed by atoms with Crippen molar-refractivity contribution < 1.29 is 50.5 Å². The summed E-state index contributed by atoms with van der Waals surface area (Å²) in [5.74, 6) is -4.24. The van der Waals surface area contributed by atoms with Gasteiger partial charge in [0, 0.05) is 0 Å². The number of halogens is 4. The standard InChI is InChI=1S/C12H12F4N2O7S/c13-7-2-1-5(26(23,24)18-12(14,15)16)3-6(7)11(22)25-4-8(19)9(20)10(17)21/h1-3,8-9,18-20H,4H2,(H2,17,21). The number of alkyl halides is 3. The van der Waals surface area contributed by atoms with Crippen molar-refractivity contribution in [3.63, 3.8) is 0 Å². The van der Waals surface area contributed by atoms with Gasteiger partial charge in [-0.25, -0.2) is 17.6 Å². The Morgan fingerprint density at radius 3 is 2.35 bits per heavy atom. The number of esters is 1. The van der Waals surface area contributed by atoms with Crippen molar-refractivity contribution in [2.24, 2.45) is 5.73 Å². The molecule has 26 heavy (non-hydrogen) atoms. The Bertz CT molecular complexity index is 797. The summed E-state index contributed by atoms with van der Waals surface area (Å²) in [6, 6.07) is 1.17. The molecule has 0 aliphatic heterocycles. The number of hydrogen-bond acceptors (Lipinski definition) is 7. The summed E-state index contributed by atoms with van der Waals surface area (Å²) in [6.45, 7) is -1.03. The average Bonchev–Trinajstić information content (AvgIpc) is 2.49. The van der Waals surface area contributed by atoms with Crippen LogP contribution in [0, 0.1) is 5.82 Å². The van der Waals surface area contributed by atoms with E-state index in [1.165, 1.54) is 0 Å². The van der Waals surface area contributed by atoms with Crippen LogP contribution >= 0.6 is 0 Å². The fourth-order valence-corrected chi connectivity index (χ4v) is 2.50. The Labute approximate surface area is 143 Å². The molecule has 0 spiro atoms. The van der Waals surface area contributed by atoms with Gasteiger partial charge in [-0.05, 0) is 18.2 Å². The third-order valence-electron chi connectivity index (χ3n) is 2.76. The molecule has 1 rings (SSSR count). The van der Waals surface area contributed by atoms with E-state index in [2.05, 4.69) is 10.5 Å². The van der Waals surface area contributed by atoms with Gasteiger partial charge >= 0.3 is 12.3 Å². The maximum Gasteiger partial charge on any atom is 0.470 e. The molecule has 0 saturated heterocycles. The normalized spacial score (nSPS) is 14.5. The Kier molecular flexibility index (Phi) is 6.65. The minimum atomic E-state index is -5.30. The van der Waals surface area contributed by atoms with Gasteiger partial charge in [0.1, 0.15) is 18.5 Å². The second-order valence-electron chi connectivity index (χ2n) is 4.76. The Hall–Kier alpha value is -2.29. The number of ether oxygens (including phenoxy) is 1. The number of primary amides is 1. The molecule has 0 saturated carbocycles. The highest BCUT2D eigenvalue weighted by atomic mass is 32.2. The van der Waals surface area contributed by atoms with Crippen LogP contribution in [0.5, 0.6) is 0 Å². The van der Waals surface area contributed by atoms with E-state index in [0.717, 1.165) is 0 Å². The molecule has 0 fully saturated rings. The van der Waals surface area contributed by atoms with E-state index in [4.69, 9.17) is 5.11 Å². The van der Waals surface area contributed by atoms with Crippen molar-refractivity contribution in [2.75, 3.05) is 6.61 Å². The first-order chi connectivity index (χ1) is 11.7. The monoisotopic (exact) mass is 404 g/mol. The van der Waals surface area contributed by atoms with E-state index in [1.54, 1.807) is 0 Å². The molecule has 0 aliphatic carbocycles. The summed E-state index contributed by atoms with van der Waals surface area (Å²) in [7, 11) is -5.15. The molecule has 0 bridgehead atoms. The predicted molar refractivity (Wildman–Crippen MR) is 74.3 cm³/mol. The fourth-order valence-electron chi connectivity index (χ4n) is 1.56. The molecule has 0 aromatic heterocycles. The maximum absolute atomic E-state index is 13.6. The molecule has 146 valence electrons. The lowest BCUT2D eigenvalue weighted by molar-refractivity contribution is -0.138. The van der Waals surface area contributed by atoms with E-state index in [9.17, 15) is 40.7 Å². The largest absolute Gasteiger partial charge is 0.470 e. The molecule has 1 aromatic carbocycles. The number of carbonyl (C=O) groups is 2. The highest BCUT2D eigenvalue weighted by molar-refractivity contribution is 7.89. The van der Waals surface area contributed by atoms with Crippen molar-refractivity contribution in [1.29, 1.82) is 0 Å². The Morgan fingerprint density at radius 2 is 1.85 bits per heavy atom. The lowest BCUT2D eigenvalue weighted by Gasteiger charge is -2.15. The molecule has 0 radical (unpaired) electrons. The molecular weight excluding hydrogens is 392 g/mol. The van der Waals surface area contributed by atoms with Crippen LogP contribution in [0.1, 0.15) is 10.4 Å². The average molecular weight is 404 g/mol. The summed E-state index contributed by atoms with van der Waals surface area (Å²) in [6.07, 6.45) is -9.36. The van der Waals surface area contributed by atoms with Crippen LogP contribution in [-0.4, -0.2) is 55.6 Å². The highest BCUT2D eigenvalue weighted by Crippen LogP contribution is 2.20. The predicted octanol–water partition coefficient (Wildman–Crippen LogP) is -1.01. The number of aliphatic hydroxyl groups excluding tert-OH is 2. The number of benzene rings is 1. The van der Waals surface area contributed by atoms with Crippen molar-refractivity contribution in [3.05, 3.63) is 29.6 Å². The number of hydrogen-bond donors (Lipinski definition) is 4. The van der Waals surface area contributed by atoms with Crippen LogP contribution in [0.25, 0.3) is 0 Å². The first kappa shape index (κ1) is 21.8. The summed E-state index contributed by atoms with van der Waals surface area (Å²) in [4.78, 5) is 21.3. The van der Waals surface area contributed by atoms with Crippen LogP contribution in [0.3, 0.4) is 0 Å². The van der Waals surface area contributed by atoms with Gasteiger partial charge in [-0.2, -0.15) is 13.2 Å². The van der Waals surface area contributed by atoms with Gasteiger partial charge in [-0.1, -0.05) is 0 Å². The number of rotatable bonds is 7. The van der Waals surface area contributed by atoms with Crippen LogP contribution < -0.4 is 10.5 Å².